The molecule has 0 heterocycles. The zero-order valence-corrected chi connectivity index (χ0v) is 16.9. The maximum Gasteiger partial charge on any atom is 0.327 e. The highest BCUT2D eigenvalue weighted by molar-refractivity contribution is 7.80. The van der Waals surface area contributed by atoms with E-state index in [-0.39, 0.29) is 12.2 Å². The standard InChI is InChI=1S/C16H31N5O6S/c1-8(18)13(23)19-10(5-3-4-6-17)14(24)21-12(9(2)22)15(25)20-11(7-28)16(26)27/h8-12,22,28H,3-7,17-18H2,1-2H3,(H,19,23)(H,20,25)(H,21,24)(H,26,27). The van der Waals surface area contributed by atoms with Crippen LogP contribution in [0.2, 0.25) is 0 Å². The summed E-state index contributed by atoms with van der Waals surface area (Å²) in [7, 11) is 0. The average molecular weight is 422 g/mol. The first-order valence-electron chi connectivity index (χ1n) is 8.93. The minimum absolute atomic E-state index is 0.173. The van der Waals surface area contributed by atoms with Crippen molar-refractivity contribution in [3.05, 3.63) is 0 Å². The van der Waals surface area contributed by atoms with Crippen LogP contribution in [0.3, 0.4) is 0 Å². The third kappa shape index (κ3) is 9.35. The van der Waals surface area contributed by atoms with E-state index < -0.39 is 54.0 Å². The highest BCUT2D eigenvalue weighted by atomic mass is 32.1. The van der Waals surface area contributed by atoms with Crippen molar-refractivity contribution in [3.8, 4) is 0 Å². The summed E-state index contributed by atoms with van der Waals surface area (Å²) in [6.07, 6.45) is 0.108. The van der Waals surface area contributed by atoms with E-state index in [1.807, 2.05) is 0 Å². The summed E-state index contributed by atoms with van der Waals surface area (Å²) < 4.78 is 0. The third-order valence-electron chi connectivity index (χ3n) is 3.85. The molecule has 0 rings (SSSR count). The molecule has 9 N–H and O–H groups in total. The van der Waals surface area contributed by atoms with Gasteiger partial charge in [-0.1, -0.05) is 0 Å². The predicted octanol–water partition coefficient (Wildman–Crippen LogP) is -2.69. The van der Waals surface area contributed by atoms with Crippen LogP contribution in [0.15, 0.2) is 0 Å². The number of aliphatic hydroxyl groups is 1. The van der Waals surface area contributed by atoms with E-state index in [0.29, 0.717) is 19.4 Å². The molecule has 12 heteroatoms. The molecule has 28 heavy (non-hydrogen) atoms. The van der Waals surface area contributed by atoms with Crippen LogP contribution >= 0.6 is 12.6 Å². The van der Waals surface area contributed by atoms with E-state index >= 15 is 0 Å². The van der Waals surface area contributed by atoms with Gasteiger partial charge in [0.2, 0.25) is 17.7 Å². The van der Waals surface area contributed by atoms with Gasteiger partial charge >= 0.3 is 5.97 Å². The summed E-state index contributed by atoms with van der Waals surface area (Å²) in [6, 6.07) is -4.53. The van der Waals surface area contributed by atoms with Gasteiger partial charge in [-0.25, -0.2) is 4.79 Å². The maximum absolute atomic E-state index is 12.6. The fraction of sp³-hybridized carbons (Fsp3) is 0.750. The lowest BCUT2D eigenvalue weighted by Crippen LogP contribution is -2.59. The smallest absolute Gasteiger partial charge is 0.327 e. The highest BCUT2D eigenvalue weighted by Gasteiger charge is 2.31. The molecule has 0 saturated heterocycles. The Hall–Kier alpha value is -1.89. The molecule has 0 fully saturated rings. The summed E-state index contributed by atoms with van der Waals surface area (Å²) in [5.41, 5.74) is 10.9. The maximum atomic E-state index is 12.6. The van der Waals surface area contributed by atoms with Crippen LogP contribution < -0.4 is 27.4 Å². The van der Waals surface area contributed by atoms with Gasteiger partial charge in [-0.05, 0) is 39.7 Å². The largest absolute Gasteiger partial charge is 0.480 e. The summed E-state index contributed by atoms with van der Waals surface area (Å²) in [4.78, 5) is 47.8. The van der Waals surface area contributed by atoms with Crippen molar-refractivity contribution in [2.45, 2.75) is 63.4 Å². The Morgan fingerprint density at radius 2 is 1.54 bits per heavy atom. The molecule has 11 nitrogen and oxygen atoms in total. The lowest BCUT2D eigenvalue weighted by Gasteiger charge is -2.26. The van der Waals surface area contributed by atoms with Gasteiger partial charge in [0.15, 0.2) is 0 Å². The van der Waals surface area contributed by atoms with Crippen molar-refractivity contribution in [1.29, 1.82) is 0 Å². The van der Waals surface area contributed by atoms with Gasteiger partial charge in [0.25, 0.3) is 0 Å². The van der Waals surface area contributed by atoms with Gasteiger partial charge in [-0.15, -0.1) is 0 Å². The highest BCUT2D eigenvalue weighted by Crippen LogP contribution is 2.04. The number of nitrogens with one attached hydrogen (secondary N) is 3. The Labute approximate surface area is 169 Å². The Morgan fingerprint density at radius 3 is 1.96 bits per heavy atom. The van der Waals surface area contributed by atoms with Gasteiger partial charge in [0, 0.05) is 5.75 Å². The number of aliphatic carboxylic acids is 1. The number of hydrogen-bond acceptors (Lipinski definition) is 8. The normalized spacial score (nSPS) is 16.2. The molecule has 3 amide bonds. The van der Waals surface area contributed by atoms with Crippen molar-refractivity contribution in [3.63, 3.8) is 0 Å². The summed E-state index contributed by atoms with van der Waals surface area (Å²) in [5.74, 6) is -3.61. The number of thiol groups is 1. The Morgan fingerprint density at radius 1 is 0.964 bits per heavy atom. The summed E-state index contributed by atoms with van der Waals surface area (Å²) in [5, 5.41) is 25.9. The lowest BCUT2D eigenvalue weighted by atomic mass is 10.1. The number of carboxylic acids is 1. The number of nitrogens with two attached hydrogens (primary N) is 2. The molecular formula is C16H31N5O6S. The second-order valence-electron chi connectivity index (χ2n) is 6.44. The molecule has 162 valence electrons. The third-order valence-corrected chi connectivity index (χ3v) is 4.22. The number of carbonyl (C=O) groups is 4. The van der Waals surface area contributed by atoms with E-state index in [2.05, 4.69) is 28.6 Å². The van der Waals surface area contributed by atoms with Crippen molar-refractivity contribution < 1.29 is 29.4 Å². The Bertz CT molecular complexity index is 546. The van der Waals surface area contributed by atoms with E-state index in [1.54, 1.807) is 0 Å². The minimum Gasteiger partial charge on any atom is -0.480 e. The molecule has 0 aromatic heterocycles. The summed E-state index contributed by atoms with van der Waals surface area (Å²) >= 11 is 3.84. The second-order valence-corrected chi connectivity index (χ2v) is 6.81. The molecule has 0 bridgehead atoms. The Kier molecular flexibility index (Phi) is 12.4. The number of unbranched alkanes of at least 4 members (excludes halogenated alkanes) is 1. The number of aliphatic hydroxyl groups excluding tert-OH is 1. The Balaban J connectivity index is 5.22. The molecule has 0 aromatic carbocycles. The van der Waals surface area contributed by atoms with Crippen molar-refractivity contribution in [2.24, 2.45) is 11.5 Å². The molecule has 0 saturated carbocycles. The van der Waals surface area contributed by atoms with Crippen LogP contribution in [0.1, 0.15) is 33.1 Å². The predicted molar refractivity (Wildman–Crippen MR) is 106 cm³/mol. The number of rotatable bonds is 13. The molecule has 0 aromatic rings. The van der Waals surface area contributed by atoms with E-state index in [0.717, 1.165) is 0 Å². The first kappa shape index (κ1) is 26.1. The monoisotopic (exact) mass is 421 g/mol. The fourth-order valence-corrected chi connectivity index (χ4v) is 2.42. The van der Waals surface area contributed by atoms with E-state index in [9.17, 15) is 24.3 Å². The summed E-state index contributed by atoms with van der Waals surface area (Å²) in [6.45, 7) is 3.14. The SMILES string of the molecule is CC(N)C(=O)NC(CCCCN)C(=O)NC(C(=O)NC(CS)C(=O)O)C(C)O. The molecule has 0 spiro atoms. The van der Waals surface area contributed by atoms with Gasteiger partial charge in [-0.2, -0.15) is 12.6 Å². The van der Waals surface area contributed by atoms with E-state index in [1.165, 1.54) is 13.8 Å². The topological polar surface area (TPSA) is 197 Å². The number of carbonyl (C=O) groups excluding carboxylic acids is 3. The van der Waals surface area contributed by atoms with Crippen molar-refractivity contribution in [2.75, 3.05) is 12.3 Å². The number of hydrogen-bond donors (Lipinski definition) is 8. The molecule has 0 aliphatic rings. The van der Waals surface area contributed by atoms with Crippen LogP contribution in [-0.4, -0.2) is 76.5 Å². The molecule has 0 aliphatic carbocycles. The van der Waals surface area contributed by atoms with Crippen LogP contribution in [0.4, 0.5) is 0 Å². The van der Waals surface area contributed by atoms with Gasteiger partial charge in [0.1, 0.15) is 18.1 Å². The molecule has 0 aliphatic heterocycles. The lowest BCUT2D eigenvalue weighted by molar-refractivity contribution is -0.142. The van der Waals surface area contributed by atoms with E-state index in [4.69, 9.17) is 16.6 Å². The molecular weight excluding hydrogens is 390 g/mol. The van der Waals surface area contributed by atoms with Gasteiger partial charge in [0.05, 0.1) is 12.1 Å². The quantitative estimate of drug-likeness (QED) is 0.116. The van der Waals surface area contributed by atoms with Crippen LogP contribution in [0.5, 0.6) is 0 Å². The zero-order chi connectivity index (χ0) is 21.9. The van der Waals surface area contributed by atoms with Gasteiger partial charge < -0.3 is 37.6 Å². The van der Waals surface area contributed by atoms with Crippen LogP contribution in [0.25, 0.3) is 0 Å². The first-order valence-corrected chi connectivity index (χ1v) is 9.56. The number of carboxylic acid groups (broad SMARTS) is 1. The molecule has 5 unspecified atom stereocenters. The van der Waals surface area contributed by atoms with Crippen molar-refractivity contribution in [1.82, 2.24) is 16.0 Å². The average Bonchev–Trinajstić information content (AvgIpc) is 2.62. The molecule has 0 radical (unpaired) electrons. The number of amides is 3. The second kappa shape index (κ2) is 13.3. The van der Waals surface area contributed by atoms with Crippen LogP contribution in [0, 0.1) is 0 Å². The first-order chi connectivity index (χ1) is 13.0. The zero-order valence-electron chi connectivity index (χ0n) is 16.1. The van der Waals surface area contributed by atoms with Crippen LogP contribution in [-0.2, 0) is 19.2 Å². The van der Waals surface area contributed by atoms with Gasteiger partial charge in [-0.3, -0.25) is 14.4 Å². The fourth-order valence-electron chi connectivity index (χ4n) is 2.17. The molecule has 5 atom stereocenters. The van der Waals surface area contributed by atoms with Crippen molar-refractivity contribution >= 4 is 36.3 Å². The minimum atomic E-state index is -1.42.